The fraction of sp³-hybridized carbons (Fsp3) is 0.765. The highest BCUT2D eigenvalue weighted by molar-refractivity contribution is 5.86. The van der Waals surface area contributed by atoms with E-state index >= 15 is 0 Å². The van der Waals surface area contributed by atoms with E-state index in [1.807, 2.05) is 0 Å². The van der Waals surface area contributed by atoms with Gasteiger partial charge >= 0.3 is 23.9 Å². The van der Waals surface area contributed by atoms with Crippen LogP contribution in [0.3, 0.4) is 0 Å². The average molecular weight is 403 g/mol. The minimum absolute atomic E-state index is 0.0701. The molecule has 158 valence electrons. The van der Waals surface area contributed by atoms with Crippen LogP contribution in [0.15, 0.2) is 0 Å². The predicted octanol–water partition coefficient (Wildman–Crippen LogP) is -0.231. The van der Waals surface area contributed by atoms with Crippen LogP contribution >= 0.6 is 0 Å². The second kappa shape index (κ2) is 9.80. The molecule has 2 aliphatic heterocycles. The normalized spacial score (nSPS) is 29.1. The summed E-state index contributed by atoms with van der Waals surface area (Å²) in [6, 6.07) is -0.943. The van der Waals surface area contributed by atoms with Crippen LogP contribution in [0.25, 0.3) is 0 Å². The number of rotatable bonds is 8. The van der Waals surface area contributed by atoms with E-state index in [-0.39, 0.29) is 26.2 Å². The number of methoxy groups -OCH3 is 1. The number of carbonyl (C=O) groups is 4. The fourth-order valence-corrected chi connectivity index (χ4v) is 3.33. The largest absolute Gasteiger partial charge is 0.467 e. The third kappa shape index (κ3) is 4.42. The number of hydrogen-bond donors (Lipinski definition) is 0. The number of hydrogen-bond acceptors (Lipinski definition) is 11. The van der Waals surface area contributed by atoms with E-state index < -0.39 is 54.0 Å². The molecule has 0 spiro atoms. The molecule has 0 bridgehead atoms. The lowest BCUT2D eigenvalue weighted by Gasteiger charge is -2.23. The van der Waals surface area contributed by atoms with Crippen LogP contribution in [0.4, 0.5) is 0 Å². The molecule has 0 aromatic heterocycles. The van der Waals surface area contributed by atoms with Gasteiger partial charge in [-0.2, -0.15) is 0 Å². The molecule has 0 N–H and O–H groups in total. The van der Waals surface area contributed by atoms with Crippen LogP contribution < -0.4 is 0 Å². The Morgan fingerprint density at radius 3 is 1.96 bits per heavy atom. The minimum Gasteiger partial charge on any atom is -0.467 e. The highest BCUT2D eigenvalue weighted by Gasteiger charge is 2.63. The smallest absolute Gasteiger partial charge is 0.338 e. The fourth-order valence-electron chi connectivity index (χ4n) is 3.33. The van der Waals surface area contributed by atoms with Crippen molar-refractivity contribution in [2.75, 3.05) is 26.9 Å². The number of fused-ring (bicyclic) bond motifs is 1. The van der Waals surface area contributed by atoms with Gasteiger partial charge in [-0.15, -0.1) is 0 Å². The Balaban J connectivity index is 2.36. The van der Waals surface area contributed by atoms with Crippen LogP contribution in [-0.2, 0) is 47.8 Å². The van der Waals surface area contributed by atoms with Gasteiger partial charge in [-0.3, -0.25) is 19.3 Å². The minimum atomic E-state index is -1.33. The number of ether oxygens (including phenoxy) is 4. The number of hydroxylamine groups is 2. The van der Waals surface area contributed by atoms with Gasteiger partial charge in [0, 0.05) is 5.92 Å². The van der Waals surface area contributed by atoms with E-state index in [0.717, 1.165) is 12.3 Å². The van der Waals surface area contributed by atoms with Crippen LogP contribution in [0.5, 0.6) is 0 Å². The zero-order valence-corrected chi connectivity index (χ0v) is 16.2. The Morgan fingerprint density at radius 2 is 1.39 bits per heavy atom. The second-order valence-corrected chi connectivity index (χ2v) is 6.05. The maximum absolute atomic E-state index is 12.6. The maximum Gasteiger partial charge on any atom is 0.338 e. The van der Waals surface area contributed by atoms with E-state index in [0.29, 0.717) is 0 Å². The number of esters is 4. The van der Waals surface area contributed by atoms with Gasteiger partial charge in [-0.05, 0) is 20.8 Å². The molecule has 2 aliphatic rings. The lowest BCUT2D eigenvalue weighted by atomic mass is 9.82. The van der Waals surface area contributed by atoms with Gasteiger partial charge in [-0.25, -0.2) is 9.59 Å². The first kappa shape index (κ1) is 22.1. The molecule has 2 rings (SSSR count). The SMILES string of the molecule is CCOC(=O)C[C@H]1[C@H]2[C@@H](C(=O)OCC)[C@H](C(=O)OC)ON2O[C@H]1C(=O)OCC. The van der Waals surface area contributed by atoms with Crippen molar-refractivity contribution in [3.05, 3.63) is 0 Å². The molecule has 5 atom stereocenters. The van der Waals surface area contributed by atoms with Gasteiger partial charge in [-0.1, -0.05) is 5.23 Å². The lowest BCUT2D eigenvalue weighted by molar-refractivity contribution is -0.350. The van der Waals surface area contributed by atoms with Crippen LogP contribution in [0.1, 0.15) is 27.2 Å². The first-order valence-electron chi connectivity index (χ1n) is 9.08. The molecule has 0 aromatic carbocycles. The van der Waals surface area contributed by atoms with Crippen molar-refractivity contribution in [3.8, 4) is 0 Å². The number of nitrogens with zero attached hydrogens (tertiary/aromatic N) is 1. The molecule has 11 heteroatoms. The Labute approximate surface area is 162 Å². The highest BCUT2D eigenvalue weighted by Crippen LogP contribution is 2.43. The molecule has 2 saturated heterocycles. The Bertz CT molecular complexity index is 609. The monoisotopic (exact) mass is 403 g/mol. The zero-order chi connectivity index (χ0) is 20.8. The molecule has 0 aromatic rings. The van der Waals surface area contributed by atoms with Crippen molar-refractivity contribution in [1.29, 1.82) is 0 Å². The average Bonchev–Trinajstić information content (AvgIpc) is 3.18. The molecule has 0 saturated carbocycles. The first-order chi connectivity index (χ1) is 13.4. The van der Waals surface area contributed by atoms with Crippen molar-refractivity contribution in [2.24, 2.45) is 11.8 Å². The molecular weight excluding hydrogens is 378 g/mol. The molecule has 0 aliphatic carbocycles. The van der Waals surface area contributed by atoms with Crippen LogP contribution in [-0.4, -0.2) is 74.3 Å². The molecule has 0 radical (unpaired) electrons. The van der Waals surface area contributed by atoms with E-state index in [1.165, 1.54) is 0 Å². The summed E-state index contributed by atoms with van der Waals surface area (Å²) >= 11 is 0. The first-order valence-corrected chi connectivity index (χ1v) is 9.08. The third-order valence-corrected chi connectivity index (χ3v) is 4.42. The number of carbonyl (C=O) groups excluding carboxylic acids is 4. The van der Waals surface area contributed by atoms with E-state index in [1.54, 1.807) is 20.8 Å². The summed E-state index contributed by atoms with van der Waals surface area (Å²) in [5, 5.41) is 0.897. The summed E-state index contributed by atoms with van der Waals surface area (Å²) in [6.45, 7) is 5.20. The van der Waals surface area contributed by atoms with Gasteiger partial charge in [0.1, 0.15) is 5.92 Å². The molecule has 0 amide bonds. The maximum atomic E-state index is 12.6. The van der Waals surface area contributed by atoms with Crippen LogP contribution in [0, 0.1) is 11.8 Å². The van der Waals surface area contributed by atoms with Gasteiger partial charge in [0.25, 0.3) is 0 Å². The summed E-state index contributed by atoms with van der Waals surface area (Å²) in [5.41, 5.74) is 0. The van der Waals surface area contributed by atoms with Crippen molar-refractivity contribution < 1.29 is 47.8 Å². The summed E-state index contributed by atoms with van der Waals surface area (Å²) in [6.07, 6.45) is -2.78. The Morgan fingerprint density at radius 1 is 0.821 bits per heavy atom. The molecular formula is C17H25NO10. The molecule has 0 unspecified atom stereocenters. The molecule has 2 heterocycles. The molecule has 2 fully saturated rings. The summed E-state index contributed by atoms with van der Waals surface area (Å²) in [4.78, 5) is 60.0. The van der Waals surface area contributed by atoms with Crippen molar-refractivity contribution >= 4 is 23.9 Å². The summed E-state index contributed by atoms with van der Waals surface area (Å²) < 4.78 is 19.7. The zero-order valence-electron chi connectivity index (χ0n) is 16.2. The van der Waals surface area contributed by atoms with Gasteiger partial charge in [0.15, 0.2) is 12.2 Å². The van der Waals surface area contributed by atoms with E-state index in [9.17, 15) is 19.2 Å². The lowest BCUT2D eigenvalue weighted by Crippen LogP contribution is -2.44. The van der Waals surface area contributed by atoms with Gasteiger partial charge in [0.2, 0.25) is 0 Å². The van der Waals surface area contributed by atoms with Gasteiger partial charge < -0.3 is 18.9 Å². The highest BCUT2D eigenvalue weighted by atomic mass is 17.0. The Hall–Kier alpha value is -2.24. The van der Waals surface area contributed by atoms with Gasteiger partial charge in [0.05, 0.1) is 39.4 Å². The topological polar surface area (TPSA) is 127 Å². The summed E-state index contributed by atoms with van der Waals surface area (Å²) in [5.74, 6) is -4.86. The van der Waals surface area contributed by atoms with Crippen molar-refractivity contribution in [1.82, 2.24) is 5.23 Å². The van der Waals surface area contributed by atoms with Crippen LogP contribution in [0.2, 0.25) is 0 Å². The quantitative estimate of drug-likeness (QED) is 0.394. The summed E-state index contributed by atoms with van der Waals surface area (Å²) in [7, 11) is 1.15. The third-order valence-electron chi connectivity index (χ3n) is 4.42. The standard InChI is InChI=1S/C17H25NO10/c1-5-24-10(19)8-9-12-11(15(20)25-6-2)14(16(21)23-4)28-18(12)27-13(9)17(22)26-7-3/h9,11-14H,5-8H2,1-4H3/t9-,11+,12-,13+,14+/m0/s1. The second-order valence-electron chi connectivity index (χ2n) is 6.05. The van der Waals surface area contributed by atoms with Crippen molar-refractivity contribution in [3.63, 3.8) is 0 Å². The predicted molar refractivity (Wildman–Crippen MR) is 88.9 cm³/mol. The molecule has 28 heavy (non-hydrogen) atoms. The van der Waals surface area contributed by atoms with E-state index in [4.69, 9.17) is 23.9 Å². The molecule has 11 nitrogen and oxygen atoms in total. The van der Waals surface area contributed by atoms with Crippen molar-refractivity contribution in [2.45, 2.75) is 45.4 Å². The van der Waals surface area contributed by atoms with E-state index in [2.05, 4.69) is 4.74 Å². The Kier molecular flexibility index (Phi) is 7.72.